The molecule has 0 aliphatic carbocycles. The molecule has 0 spiro atoms. The van der Waals surface area contributed by atoms with Crippen molar-refractivity contribution in [2.45, 2.75) is 32.7 Å². The molecule has 1 saturated heterocycles. The Morgan fingerprint density at radius 1 is 1.28 bits per heavy atom. The van der Waals surface area contributed by atoms with Crippen LogP contribution in [0.25, 0.3) is 0 Å². The van der Waals surface area contributed by atoms with E-state index in [4.69, 9.17) is 0 Å². The number of rotatable bonds is 3. The summed E-state index contributed by atoms with van der Waals surface area (Å²) in [6, 6.07) is 7.43. The van der Waals surface area contributed by atoms with E-state index in [-0.39, 0.29) is 18.0 Å². The van der Waals surface area contributed by atoms with E-state index >= 15 is 0 Å². The molecule has 0 bridgehead atoms. The van der Waals surface area contributed by atoms with Gasteiger partial charge in [-0.25, -0.2) is 4.79 Å². The van der Waals surface area contributed by atoms with Crippen molar-refractivity contribution >= 4 is 11.9 Å². The molecule has 1 aromatic rings. The number of hydrogen-bond acceptors (Lipinski definition) is 2. The van der Waals surface area contributed by atoms with Gasteiger partial charge in [0.25, 0.3) is 0 Å². The third-order valence-corrected chi connectivity index (χ3v) is 3.15. The van der Waals surface area contributed by atoms with Crippen LogP contribution in [0.5, 0.6) is 0 Å². The monoisotopic (exact) mass is 246 g/mol. The minimum atomic E-state index is -0.279. The van der Waals surface area contributed by atoms with Crippen LogP contribution >= 0.6 is 0 Å². The number of aryl methyl sites for hydroxylation is 1. The van der Waals surface area contributed by atoms with E-state index in [1.807, 2.05) is 38.1 Å². The Bertz CT molecular complexity index is 435. The lowest BCUT2D eigenvalue weighted by atomic mass is 10.0. The average molecular weight is 246 g/mol. The fraction of sp³-hybridized carbons (Fsp3) is 0.429. The van der Waals surface area contributed by atoms with Gasteiger partial charge in [0.2, 0.25) is 5.91 Å². The average Bonchev–Trinajstić information content (AvgIpc) is 2.34. The summed E-state index contributed by atoms with van der Waals surface area (Å²) in [5.74, 6) is -0.0915. The molecule has 4 heteroatoms. The minimum absolute atomic E-state index is 0.0915. The Labute approximate surface area is 107 Å². The Balaban J connectivity index is 2.12. The summed E-state index contributed by atoms with van der Waals surface area (Å²) in [6.07, 6.45) is 1.13. The molecule has 1 aliphatic heterocycles. The van der Waals surface area contributed by atoms with Gasteiger partial charge in [-0.15, -0.1) is 0 Å². The van der Waals surface area contributed by atoms with Gasteiger partial charge in [0.15, 0.2) is 0 Å². The van der Waals surface area contributed by atoms with E-state index in [0.29, 0.717) is 13.0 Å². The third-order valence-electron chi connectivity index (χ3n) is 3.15. The molecule has 1 heterocycles. The van der Waals surface area contributed by atoms with Crippen molar-refractivity contribution in [2.75, 3.05) is 6.54 Å². The number of nitrogens with zero attached hydrogens (tertiary/aromatic N) is 1. The number of carbonyl (C=O) groups is 2. The van der Waals surface area contributed by atoms with E-state index in [0.717, 1.165) is 12.0 Å². The first-order valence-corrected chi connectivity index (χ1v) is 6.29. The lowest BCUT2D eigenvalue weighted by Crippen LogP contribution is -2.51. The number of urea groups is 1. The van der Waals surface area contributed by atoms with Crippen molar-refractivity contribution < 1.29 is 9.59 Å². The van der Waals surface area contributed by atoms with Gasteiger partial charge in [-0.05, 0) is 18.9 Å². The Morgan fingerprint density at radius 2 is 1.94 bits per heavy atom. The highest BCUT2D eigenvalue weighted by Crippen LogP contribution is 2.22. The molecule has 0 unspecified atom stereocenters. The highest BCUT2D eigenvalue weighted by molar-refractivity contribution is 5.97. The summed E-state index contributed by atoms with van der Waals surface area (Å²) < 4.78 is 0. The van der Waals surface area contributed by atoms with Gasteiger partial charge in [-0.2, -0.15) is 0 Å². The van der Waals surface area contributed by atoms with E-state index in [1.54, 1.807) is 0 Å². The highest BCUT2D eigenvalue weighted by Gasteiger charge is 2.31. The lowest BCUT2D eigenvalue weighted by molar-refractivity contribution is -0.130. The lowest BCUT2D eigenvalue weighted by Gasteiger charge is -2.31. The van der Waals surface area contributed by atoms with Gasteiger partial charge >= 0.3 is 6.03 Å². The number of nitrogens with one attached hydrogen (secondary N) is 1. The quantitative estimate of drug-likeness (QED) is 0.890. The summed E-state index contributed by atoms with van der Waals surface area (Å²) in [7, 11) is 0. The van der Waals surface area contributed by atoms with Gasteiger partial charge in [-0.3, -0.25) is 9.69 Å². The number of imide groups is 1. The van der Waals surface area contributed by atoms with E-state index < -0.39 is 0 Å². The largest absolute Gasteiger partial charge is 0.330 e. The predicted molar refractivity (Wildman–Crippen MR) is 69.1 cm³/mol. The minimum Gasteiger partial charge on any atom is -0.330 e. The van der Waals surface area contributed by atoms with Gasteiger partial charge < -0.3 is 5.32 Å². The normalized spacial score (nSPS) is 19.9. The maximum Gasteiger partial charge on any atom is 0.324 e. The second-order valence-corrected chi connectivity index (χ2v) is 4.66. The Morgan fingerprint density at radius 3 is 2.50 bits per heavy atom. The summed E-state index contributed by atoms with van der Waals surface area (Å²) in [5.41, 5.74) is 2.15. The predicted octanol–water partition coefficient (Wildman–Crippen LogP) is 2.39. The Kier molecular flexibility index (Phi) is 3.65. The van der Waals surface area contributed by atoms with E-state index in [9.17, 15) is 9.59 Å². The summed E-state index contributed by atoms with van der Waals surface area (Å²) in [4.78, 5) is 25.0. The van der Waals surface area contributed by atoms with E-state index in [1.165, 1.54) is 10.5 Å². The Hall–Kier alpha value is -1.84. The molecule has 0 saturated carbocycles. The molecule has 1 aromatic carbocycles. The highest BCUT2D eigenvalue weighted by atomic mass is 16.2. The molecular formula is C14H18N2O2. The van der Waals surface area contributed by atoms with Crippen LogP contribution in [0.1, 0.15) is 36.9 Å². The molecule has 1 aliphatic rings. The molecule has 18 heavy (non-hydrogen) atoms. The summed E-state index contributed by atoms with van der Waals surface area (Å²) >= 11 is 0. The molecular weight excluding hydrogens is 228 g/mol. The molecule has 96 valence electrons. The molecule has 2 rings (SSSR count). The van der Waals surface area contributed by atoms with Crippen molar-refractivity contribution in [1.29, 1.82) is 0 Å². The van der Waals surface area contributed by atoms with Crippen LogP contribution in [-0.4, -0.2) is 23.4 Å². The van der Waals surface area contributed by atoms with E-state index in [2.05, 4.69) is 5.32 Å². The maximum atomic E-state index is 11.9. The van der Waals surface area contributed by atoms with Crippen molar-refractivity contribution in [3.05, 3.63) is 35.4 Å². The maximum absolute atomic E-state index is 11.9. The van der Waals surface area contributed by atoms with Crippen LogP contribution in [-0.2, 0) is 4.79 Å². The van der Waals surface area contributed by atoms with Crippen molar-refractivity contribution in [3.8, 4) is 0 Å². The van der Waals surface area contributed by atoms with Crippen LogP contribution < -0.4 is 5.32 Å². The standard InChI is InChI=1S/C14H18N2O2/c1-3-8-16-13(17)9-12(15-14(16)18)11-6-4-10(2)5-7-11/h4-7,12H,3,8-9H2,1-2H3,(H,15,18)/t12-/m1/s1. The van der Waals surface area contributed by atoms with Crippen LogP contribution in [0.2, 0.25) is 0 Å². The van der Waals surface area contributed by atoms with Crippen molar-refractivity contribution in [1.82, 2.24) is 10.2 Å². The van der Waals surface area contributed by atoms with Crippen LogP contribution in [0, 0.1) is 6.92 Å². The molecule has 3 amide bonds. The van der Waals surface area contributed by atoms with Crippen LogP contribution in [0.15, 0.2) is 24.3 Å². The van der Waals surface area contributed by atoms with Gasteiger partial charge in [0.05, 0.1) is 12.5 Å². The van der Waals surface area contributed by atoms with Crippen molar-refractivity contribution in [3.63, 3.8) is 0 Å². The van der Waals surface area contributed by atoms with Crippen LogP contribution in [0.3, 0.4) is 0 Å². The fourth-order valence-corrected chi connectivity index (χ4v) is 2.13. The summed E-state index contributed by atoms with van der Waals surface area (Å²) in [5, 5.41) is 2.88. The second-order valence-electron chi connectivity index (χ2n) is 4.66. The molecule has 0 aromatic heterocycles. The molecule has 0 radical (unpaired) electrons. The second kappa shape index (κ2) is 5.21. The third kappa shape index (κ3) is 2.53. The summed E-state index contributed by atoms with van der Waals surface area (Å²) in [6.45, 7) is 4.45. The van der Waals surface area contributed by atoms with Gasteiger partial charge in [-0.1, -0.05) is 36.8 Å². The first kappa shape index (κ1) is 12.6. The van der Waals surface area contributed by atoms with Gasteiger partial charge in [0.1, 0.15) is 0 Å². The van der Waals surface area contributed by atoms with Gasteiger partial charge in [0, 0.05) is 6.54 Å². The zero-order valence-electron chi connectivity index (χ0n) is 10.8. The topological polar surface area (TPSA) is 49.4 Å². The molecule has 1 atom stereocenters. The zero-order chi connectivity index (χ0) is 13.1. The smallest absolute Gasteiger partial charge is 0.324 e. The zero-order valence-corrected chi connectivity index (χ0v) is 10.8. The molecule has 1 fully saturated rings. The fourth-order valence-electron chi connectivity index (χ4n) is 2.13. The SMILES string of the molecule is CCCN1C(=O)C[C@H](c2ccc(C)cc2)NC1=O. The first-order chi connectivity index (χ1) is 8.61. The van der Waals surface area contributed by atoms with Crippen molar-refractivity contribution in [2.24, 2.45) is 0 Å². The first-order valence-electron chi connectivity index (χ1n) is 6.29. The molecule has 1 N–H and O–H groups in total. The van der Waals surface area contributed by atoms with Crippen LogP contribution in [0.4, 0.5) is 4.79 Å². The molecule has 4 nitrogen and oxygen atoms in total. The number of amides is 3. The number of carbonyl (C=O) groups excluding carboxylic acids is 2. The number of benzene rings is 1. The number of hydrogen-bond donors (Lipinski definition) is 1.